The van der Waals surface area contributed by atoms with Crippen molar-refractivity contribution in [3.63, 3.8) is 0 Å². The van der Waals surface area contributed by atoms with Gasteiger partial charge in [0.15, 0.2) is 0 Å². The first-order valence-corrected chi connectivity index (χ1v) is 6.31. The van der Waals surface area contributed by atoms with Crippen molar-refractivity contribution < 1.29 is 13.2 Å². The molecule has 2 atom stereocenters. The molecule has 0 radical (unpaired) electrons. The van der Waals surface area contributed by atoms with E-state index in [0.29, 0.717) is 23.4 Å². The third-order valence-corrected chi connectivity index (χ3v) is 3.88. The van der Waals surface area contributed by atoms with Gasteiger partial charge < -0.3 is 5.73 Å². The predicted octanol–water partition coefficient (Wildman–Crippen LogP) is 4.25. The van der Waals surface area contributed by atoms with Gasteiger partial charge in [0.2, 0.25) is 0 Å². The van der Waals surface area contributed by atoms with Crippen LogP contribution in [-0.2, 0) is 5.54 Å². The van der Waals surface area contributed by atoms with Gasteiger partial charge >= 0.3 is 6.18 Å². The van der Waals surface area contributed by atoms with E-state index in [1.54, 1.807) is 24.3 Å². The molecule has 0 saturated heterocycles. The van der Waals surface area contributed by atoms with E-state index in [0.717, 1.165) is 0 Å². The Labute approximate surface area is 109 Å². The molecule has 2 N–H and O–H groups in total. The summed E-state index contributed by atoms with van der Waals surface area (Å²) in [6.07, 6.45) is -2.99. The molecule has 0 aliphatic heterocycles. The van der Waals surface area contributed by atoms with Gasteiger partial charge in [0.25, 0.3) is 0 Å². The predicted molar refractivity (Wildman–Crippen MR) is 65.3 cm³/mol. The Balaban J connectivity index is 2.25. The third kappa shape index (κ3) is 2.81. The number of halogens is 4. The highest BCUT2D eigenvalue weighted by molar-refractivity contribution is 6.30. The molecule has 0 spiro atoms. The van der Waals surface area contributed by atoms with Gasteiger partial charge in [0.1, 0.15) is 0 Å². The maximum Gasteiger partial charge on any atom is 0.391 e. The highest BCUT2D eigenvalue weighted by Crippen LogP contribution is 2.44. The average molecular weight is 278 g/mol. The first-order valence-electron chi connectivity index (χ1n) is 5.93. The molecule has 0 heterocycles. The minimum atomic E-state index is -4.16. The summed E-state index contributed by atoms with van der Waals surface area (Å²) in [7, 11) is 0. The van der Waals surface area contributed by atoms with Gasteiger partial charge in [-0.05, 0) is 37.0 Å². The Hall–Kier alpha value is -0.740. The third-order valence-electron chi connectivity index (χ3n) is 3.65. The minimum Gasteiger partial charge on any atom is -0.321 e. The molecule has 1 nitrogen and oxygen atoms in total. The van der Waals surface area contributed by atoms with Crippen molar-refractivity contribution in [2.75, 3.05) is 0 Å². The molecule has 18 heavy (non-hydrogen) atoms. The summed E-state index contributed by atoms with van der Waals surface area (Å²) in [4.78, 5) is 0. The molecule has 5 heteroatoms. The summed E-state index contributed by atoms with van der Waals surface area (Å²) in [5.74, 6) is -1.31. The van der Waals surface area contributed by atoms with E-state index in [-0.39, 0.29) is 12.8 Å². The second-order valence-electron chi connectivity index (χ2n) is 5.00. The van der Waals surface area contributed by atoms with E-state index < -0.39 is 17.6 Å². The van der Waals surface area contributed by atoms with Gasteiger partial charge in [0.05, 0.1) is 5.92 Å². The molecule has 0 amide bonds. The second kappa shape index (κ2) is 4.74. The van der Waals surface area contributed by atoms with Crippen molar-refractivity contribution in [3.8, 4) is 0 Å². The van der Waals surface area contributed by atoms with Crippen LogP contribution in [0.4, 0.5) is 13.2 Å². The van der Waals surface area contributed by atoms with Gasteiger partial charge in [-0.1, -0.05) is 30.2 Å². The maximum absolute atomic E-state index is 12.8. The Morgan fingerprint density at radius 2 is 2.06 bits per heavy atom. The van der Waals surface area contributed by atoms with Crippen LogP contribution in [0.5, 0.6) is 0 Å². The number of rotatable bonds is 1. The van der Waals surface area contributed by atoms with Crippen LogP contribution in [0.3, 0.4) is 0 Å². The molecule has 1 aliphatic carbocycles. The zero-order valence-corrected chi connectivity index (χ0v) is 10.6. The number of hydrogen-bond donors (Lipinski definition) is 1. The summed E-state index contributed by atoms with van der Waals surface area (Å²) in [5, 5.41) is 0.506. The fourth-order valence-corrected chi connectivity index (χ4v) is 2.84. The summed E-state index contributed by atoms with van der Waals surface area (Å²) in [6, 6.07) is 6.84. The van der Waals surface area contributed by atoms with E-state index in [1.807, 2.05) is 0 Å². The van der Waals surface area contributed by atoms with Crippen LogP contribution >= 0.6 is 11.6 Å². The SMILES string of the molecule is NC1(c2cccc(Cl)c2)CCCC(C(F)(F)F)C1. The quantitative estimate of drug-likeness (QED) is 0.816. The van der Waals surface area contributed by atoms with Crippen molar-refractivity contribution >= 4 is 11.6 Å². The second-order valence-corrected chi connectivity index (χ2v) is 5.44. The number of hydrogen-bond acceptors (Lipinski definition) is 1. The van der Waals surface area contributed by atoms with Crippen LogP contribution in [0, 0.1) is 5.92 Å². The summed E-state index contributed by atoms with van der Waals surface area (Å²) in [5.41, 5.74) is 5.96. The van der Waals surface area contributed by atoms with Crippen LogP contribution in [-0.4, -0.2) is 6.18 Å². The lowest BCUT2D eigenvalue weighted by molar-refractivity contribution is -0.187. The lowest BCUT2D eigenvalue weighted by Gasteiger charge is -2.39. The minimum absolute atomic E-state index is 0.0587. The van der Waals surface area contributed by atoms with Gasteiger partial charge in [-0.3, -0.25) is 0 Å². The van der Waals surface area contributed by atoms with Crippen LogP contribution in [0.1, 0.15) is 31.2 Å². The van der Waals surface area contributed by atoms with E-state index in [9.17, 15) is 13.2 Å². The first-order chi connectivity index (χ1) is 8.31. The van der Waals surface area contributed by atoms with Gasteiger partial charge in [0, 0.05) is 10.6 Å². The first kappa shape index (κ1) is 13.7. The van der Waals surface area contributed by atoms with Crippen LogP contribution in [0.15, 0.2) is 24.3 Å². The van der Waals surface area contributed by atoms with Crippen molar-refractivity contribution in [2.45, 2.75) is 37.4 Å². The number of nitrogens with two attached hydrogens (primary N) is 1. The molecule has 2 unspecified atom stereocenters. The highest BCUT2D eigenvalue weighted by Gasteiger charge is 2.46. The van der Waals surface area contributed by atoms with Crippen molar-refractivity contribution in [3.05, 3.63) is 34.9 Å². The maximum atomic E-state index is 12.8. The molecule has 0 bridgehead atoms. The number of alkyl halides is 3. The average Bonchev–Trinajstić information content (AvgIpc) is 2.28. The Kier molecular flexibility index (Phi) is 3.60. The van der Waals surface area contributed by atoms with Crippen molar-refractivity contribution in [1.82, 2.24) is 0 Å². The van der Waals surface area contributed by atoms with Crippen LogP contribution in [0.25, 0.3) is 0 Å². The molecular formula is C13H15ClF3N. The Bertz CT molecular complexity index is 432. The van der Waals surface area contributed by atoms with Gasteiger partial charge in [-0.2, -0.15) is 13.2 Å². The Morgan fingerprint density at radius 1 is 1.33 bits per heavy atom. The molecule has 1 aromatic carbocycles. The van der Waals surface area contributed by atoms with Gasteiger partial charge in [-0.25, -0.2) is 0 Å². The number of benzene rings is 1. The summed E-state index contributed by atoms with van der Waals surface area (Å²) >= 11 is 5.87. The molecular weight excluding hydrogens is 263 g/mol. The topological polar surface area (TPSA) is 26.0 Å². The molecule has 1 saturated carbocycles. The molecule has 0 aromatic heterocycles. The van der Waals surface area contributed by atoms with E-state index in [4.69, 9.17) is 17.3 Å². The zero-order valence-electron chi connectivity index (χ0n) is 9.80. The molecule has 100 valence electrons. The molecule has 1 aliphatic rings. The largest absolute Gasteiger partial charge is 0.391 e. The smallest absolute Gasteiger partial charge is 0.321 e. The van der Waals surface area contributed by atoms with Gasteiger partial charge in [-0.15, -0.1) is 0 Å². The fourth-order valence-electron chi connectivity index (χ4n) is 2.65. The molecule has 2 rings (SSSR count). The van der Waals surface area contributed by atoms with Crippen molar-refractivity contribution in [1.29, 1.82) is 0 Å². The zero-order chi connectivity index (χ0) is 13.4. The lowest BCUT2D eigenvalue weighted by Crippen LogP contribution is -2.44. The normalized spacial score (nSPS) is 29.3. The molecule has 1 aromatic rings. The van der Waals surface area contributed by atoms with Crippen LogP contribution in [0.2, 0.25) is 5.02 Å². The van der Waals surface area contributed by atoms with Crippen LogP contribution < -0.4 is 5.73 Å². The molecule has 1 fully saturated rings. The highest BCUT2D eigenvalue weighted by atomic mass is 35.5. The standard InChI is InChI=1S/C13H15ClF3N/c14-11-5-1-3-9(7-11)12(18)6-2-4-10(8-12)13(15,16)17/h1,3,5,7,10H,2,4,6,8,18H2. The monoisotopic (exact) mass is 277 g/mol. The Morgan fingerprint density at radius 3 is 2.67 bits per heavy atom. The fraction of sp³-hybridized carbons (Fsp3) is 0.538. The van der Waals surface area contributed by atoms with E-state index in [2.05, 4.69) is 0 Å². The summed E-state index contributed by atoms with van der Waals surface area (Å²) in [6.45, 7) is 0. The lowest BCUT2D eigenvalue weighted by atomic mass is 9.72. The van der Waals surface area contributed by atoms with E-state index in [1.165, 1.54) is 0 Å². The summed E-state index contributed by atoms with van der Waals surface area (Å²) < 4.78 is 38.4. The van der Waals surface area contributed by atoms with E-state index >= 15 is 0 Å². The van der Waals surface area contributed by atoms with Crippen molar-refractivity contribution in [2.24, 2.45) is 11.7 Å².